The van der Waals surface area contributed by atoms with Crippen LogP contribution in [0.15, 0.2) is 32.3 Å². The van der Waals surface area contributed by atoms with Crippen LogP contribution in [0.5, 0.6) is 0 Å². The number of hydrogen-bond acceptors (Lipinski definition) is 5. The van der Waals surface area contributed by atoms with Crippen LogP contribution in [0.25, 0.3) is 11.1 Å². The van der Waals surface area contributed by atoms with Crippen LogP contribution in [0.4, 0.5) is 0 Å². The predicted molar refractivity (Wildman–Crippen MR) is 108 cm³/mol. The first-order valence-electron chi connectivity index (χ1n) is 10.2. The first-order valence-corrected chi connectivity index (χ1v) is 11.7. The Kier molecular flexibility index (Phi) is 5.37. The van der Waals surface area contributed by atoms with Crippen molar-refractivity contribution in [3.63, 3.8) is 0 Å². The number of hydrogen-bond donors (Lipinski definition) is 0. The summed E-state index contributed by atoms with van der Waals surface area (Å²) >= 11 is 0. The fourth-order valence-corrected chi connectivity index (χ4v) is 6.11. The lowest BCUT2D eigenvalue weighted by atomic mass is 9.99. The summed E-state index contributed by atoms with van der Waals surface area (Å²) in [4.78, 5) is 14.7. The predicted octanol–water partition coefficient (Wildman–Crippen LogP) is 2.67. The minimum Gasteiger partial charge on any atom is -0.408 e. The Morgan fingerprint density at radius 2 is 1.89 bits per heavy atom. The summed E-state index contributed by atoms with van der Waals surface area (Å²) in [6, 6.07) is 4.72. The van der Waals surface area contributed by atoms with E-state index in [2.05, 4.69) is 4.90 Å². The van der Waals surface area contributed by atoms with Crippen molar-refractivity contribution in [2.24, 2.45) is 5.92 Å². The van der Waals surface area contributed by atoms with Gasteiger partial charge in [-0.05, 0) is 70.7 Å². The van der Waals surface area contributed by atoms with Crippen LogP contribution >= 0.6 is 0 Å². The number of fused-ring (bicyclic) bond motifs is 1. The summed E-state index contributed by atoms with van der Waals surface area (Å²) in [6.07, 6.45) is 4.46. The van der Waals surface area contributed by atoms with Gasteiger partial charge in [-0.1, -0.05) is 0 Å². The Hall–Kier alpha value is -1.64. The van der Waals surface area contributed by atoms with Gasteiger partial charge >= 0.3 is 5.76 Å². The number of piperidine rings is 1. The summed E-state index contributed by atoms with van der Waals surface area (Å²) in [5.74, 6) is -0.0755. The standard InChI is InChI=1S/C20H29N3O4S/c1-15(2)23-18-8-7-17(12-19(18)27-20(23)24)28(25,26)22-11-5-6-16(14-22)13-21-9-3-4-10-21/h7-8,12,15-16H,3-6,9-11,13-14H2,1-2H3/t16-/m1/s1. The monoisotopic (exact) mass is 407 g/mol. The molecular weight excluding hydrogens is 378 g/mol. The summed E-state index contributed by atoms with van der Waals surface area (Å²) < 4.78 is 34.9. The lowest BCUT2D eigenvalue weighted by molar-refractivity contribution is 0.200. The molecule has 0 aliphatic carbocycles. The van der Waals surface area contributed by atoms with Gasteiger partial charge in [0.2, 0.25) is 10.0 Å². The molecule has 2 aromatic rings. The molecule has 0 amide bonds. The fraction of sp³-hybridized carbons (Fsp3) is 0.650. The van der Waals surface area contributed by atoms with E-state index in [0.717, 1.165) is 32.5 Å². The van der Waals surface area contributed by atoms with Gasteiger partial charge in [0.25, 0.3) is 0 Å². The van der Waals surface area contributed by atoms with Gasteiger partial charge in [0, 0.05) is 31.7 Å². The molecule has 8 heteroatoms. The maximum absolute atomic E-state index is 13.2. The van der Waals surface area contributed by atoms with E-state index in [-0.39, 0.29) is 10.9 Å². The van der Waals surface area contributed by atoms with E-state index < -0.39 is 15.8 Å². The highest BCUT2D eigenvalue weighted by atomic mass is 32.2. The number of oxazole rings is 1. The molecule has 2 fully saturated rings. The highest BCUT2D eigenvalue weighted by Crippen LogP contribution is 2.27. The first kappa shape index (κ1) is 19.7. The zero-order chi connectivity index (χ0) is 19.9. The average Bonchev–Trinajstić information content (AvgIpc) is 3.27. The lowest BCUT2D eigenvalue weighted by Crippen LogP contribution is -2.43. The van der Waals surface area contributed by atoms with Crippen molar-refractivity contribution in [2.75, 3.05) is 32.7 Å². The normalized spacial score (nSPS) is 22.5. The molecule has 3 heterocycles. The second-order valence-electron chi connectivity index (χ2n) is 8.34. The maximum Gasteiger partial charge on any atom is 0.420 e. The van der Waals surface area contributed by atoms with Gasteiger partial charge in [0.05, 0.1) is 10.4 Å². The second kappa shape index (κ2) is 7.65. The molecule has 1 aromatic heterocycles. The Labute approximate surface area is 166 Å². The molecule has 4 rings (SSSR count). The molecule has 28 heavy (non-hydrogen) atoms. The van der Waals surface area contributed by atoms with Crippen molar-refractivity contribution in [1.82, 2.24) is 13.8 Å². The summed E-state index contributed by atoms with van der Waals surface area (Å²) in [5, 5.41) is 0. The smallest absolute Gasteiger partial charge is 0.408 e. The average molecular weight is 408 g/mol. The molecule has 2 aliphatic heterocycles. The third-order valence-electron chi connectivity index (χ3n) is 5.94. The molecule has 0 radical (unpaired) electrons. The molecular formula is C20H29N3O4S. The Bertz CT molecular complexity index is 1000. The summed E-state index contributed by atoms with van der Waals surface area (Å²) in [5.41, 5.74) is 0.954. The van der Waals surface area contributed by atoms with Gasteiger partial charge in [-0.15, -0.1) is 0 Å². The van der Waals surface area contributed by atoms with E-state index in [0.29, 0.717) is 30.1 Å². The van der Waals surface area contributed by atoms with Crippen molar-refractivity contribution in [3.05, 3.63) is 28.7 Å². The van der Waals surface area contributed by atoms with Gasteiger partial charge < -0.3 is 9.32 Å². The van der Waals surface area contributed by atoms with Crippen molar-refractivity contribution in [3.8, 4) is 0 Å². The minimum absolute atomic E-state index is 0.0513. The van der Waals surface area contributed by atoms with Gasteiger partial charge in [-0.25, -0.2) is 13.2 Å². The van der Waals surface area contributed by atoms with Gasteiger partial charge in [0.15, 0.2) is 5.58 Å². The minimum atomic E-state index is -3.60. The number of sulfonamides is 1. The van der Waals surface area contributed by atoms with Crippen LogP contribution < -0.4 is 5.76 Å². The van der Waals surface area contributed by atoms with E-state index in [1.54, 1.807) is 21.0 Å². The van der Waals surface area contributed by atoms with E-state index >= 15 is 0 Å². The molecule has 2 aliphatic rings. The third kappa shape index (κ3) is 3.65. The number of aromatic nitrogens is 1. The van der Waals surface area contributed by atoms with E-state index in [1.165, 1.54) is 18.9 Å². The zero-order valence-corrected chi connectivity index (χ0v) is 17.5. The highest BCUT2D eigenvalue weighted by molar-refractivity contribution is 7.89. The molecule has 7 nitrogen and oxygen atoms in total. The maximum atomic E-state index is 13.2. The van der Waals surface area contributed by atoms with Crippen molar-refractivity contribution >= 4 is 21.1 Å². The number of benzene rings is 1. The van der Waals surface area contributed by atoms with Crippen LogP contribution in [0.2, 0.25) is 0 Å². The number of rotatable bonds is 5. The van der Waals surface area contributed by atoms with Crippen LogP contribution in [-0.2, 0) is 10.0 Å². The third-order valence-corrected chi connectivity index (χ3v) is 7.80. The molecule has 154 valence electrons. The lowest BCUT2D eigenvalue weighted by Gasteiger charge is -2.34. The largest absolute Gasteiger partial charge is 0.420 e. The molecule has 1 atom stereocenters. The number of nitrogens with zero attached hydrogens (tertiary/aromatic N) is 3. The number of likely N-dealkylation sites (tertiary alicyclic amines) is 1. The quantitative estimate of drug-likeness (QED) is 0.762. The summed E-state index contributed by atoms with van der Waals surface area (Å²) in [7, 11) is -3.60. The van der Waals surface area contributed by atoms with E-state index in [9.17, 15) is 13.2 Å². The van der Waals surface area contributed by atoms with Crippen molar-refractivity contribution in [2.45, 2.75) is 50.5 Å². The van der Waals surface area contributed by atoms with Crippen LogP contribution in [0.1, 0.15) is 45.6 Å². The van der Waals surface area contributed by atoms with Crippen LogP contribution in [0.3, 0.4) is 0 Å². The topological polar surface area (TPSA) is 75.8 Å². The fourth-order valence-electron chi connectivity index (χ4n) is 4.54. The SMILES string of the molecule is CC(C)n1c(=O)oc2cc(S(=O)(=O)N3CCC[C@H](CN4CCCC4)C3)ccc21. The van der Waals surface area contributed by atoms with Crippen molar-refractivity contribution < 1.29 is 12.8 Å². The van der Waals surface area contributed by atoms with Gasteiger partial charge in [0.1, 0.15) is 0 Å². The Morgan fingerprint density at radius 3 is 2.61 bits per heavy atom. The molecule has 0 saturated carbocycles. The van der Waals surface area contributed by atoms with E-state index in [1.807, 2.05) is 13.8 Å². The molecule has 2 saturated heterocycles. The summed E-state index contributed by atoms with van der Waals surface area (Å²) in [6.45, 7) is 8.15. The highest BCUT2D eigenvalue weighted by Gasteiger charge is 2.32. The van der Waals surface area contributed by atoms with Gasteiger partial charge in [-0.3, -0.25) is 4.57 Å². The Balaban J connectivity index is 1.57. The molecule has 0 spiro atoms. The molecule has 1 aromatic carbocycles. The Morgan fingerprint density at radius 1 is 1.14 bits per heavy atom. The zero-order valence-electron chi connectivity index (χ0n) is 16.6. The van der Waals surface area contributed by atoms with Gasteiger partial charge in [-0.2, -0.15) is 4.31 Å². The molecule has 0 unspecified atom stereocenters. The molecule has 0 N–H and O–H groups in total. The second-order valence-corrected chi connectivity index (χ2v) is 10.3. The van der Waals surface area contributed by atoms with Crippen LogP contribution in [0, 0.1) is 5.92 Å². The van der Waals surface area contributed by atoms with E-state index in [4.69, 9.17) is 4.42 Å². The first-order chi connectivity index (χ1) is 13.4. The van der Waals surface area contributed by atoms with Crippen LogP contribution in [-0.4, -0.2) is 54.9 Å². The molecule has 0 bridgehead atoms. The van der Waals surface area contributed by atoms with Crippen molar-refractivity contribution in [1.29, 1.82) is 0 Å².